The van der Waals surface area contributed by atoms with Gasteiger partial charge in [0.1, 0.15) is 0 Å². The molecule has 0 spiro atoms. The molecule has 5 heteroatoms. The Balaban J connectivity index is 1.93. The number of hydrogen-bond acceptors (Lipinski definition) is 3. The Morgan fingerprint density at radius 1 is 1.47 bits per heavy atom. The first-order valence-electron chi connectivity index (χ1n) is 6.65. The van der Waals surface area contributed by atoms with Crippen molar-refractivity contribution in [3.63, 3.8) is 0 Å². The molecule has 1 saturated heterocycles. The summed E-state index contributed by atoms with van der Waals surface area (Å²) in [6, 6.07) is 6.02. The van der Waals surface area contributed by atoms with Crippen LogP contribution in [0.25, 0.3) is 10.2 Å². The maximum absolute atomic E-state index is 6.11. The normalized spacial score (nSPS) is 21.1. The molecule has 1 atom stereocenters. The van der Waals surface area contributed by atoms with E-state index < -0.39 is 0 Å². The summed E-state index contributed by atoms with van der Waals surface area (Å²) < 4.78 is 4.38. The molecule has 1 fully saturated rings. The lowest BCUT2D eigenvalue weighted by atomic mass is 10.0. The minimum atomic E-state index is 0.779. The predicted molar refractivity (Wildman–Crippen MR) is 85.6 cm³/mol. The molecule has 102 valence electrons. The fourth-order valence-electron chi connectivity index (χ4n) is 2.78. The van der Waals surface area contributed by atoms with Gasteiger partial charge in [-0.2, -0.15) is 0 Å². The molecule has 2 aromatic rings. The van der Waals surface area contributed by atoms with Crippen molar-refractivity contribution in [3.05, 3.63) is 27.2 Å². The molecule has 0 radical (unpaired) electrons. The van der Waals surface area contributed by atoms with Crippen molar-refractivity contribution in [3.8, 4) is 0 Å². The zero-order valence-electron chi connectivity index (χ0n) is 10.9. The van der Waals surface area contributed by atoms with Gasteiger partial charge in [0, 0.05) is 11.6 Å². The Morgan fingerprint density at radius 3 is 3.11 bits per heavy atom. The smallest absolute Gasteiger partial charge is 0.163 e. The number of benzene rings is 1. The van der Waals surface area contributed by atoms with Crippen LogP contribution in [0.15, 0.2) is 18.2 Å². The van der Waals surface area contributed by atoms with Crippen LogP contribution in [0.4, 0.5) is 0 Å². The fraction of sp³-hybridized carbons (Fsp3) is 0.500. The van der Waals surface area contributed by atoms with Crippen molar-refractivity contribution < 1.29 is 0 Å². The second kappa shape index (κ2) is 5.52. The third-order valence-corrected chi connectivity index (χ3v) is 5.38. The lowest BCUT2D eigenvalue weighted by Gasteiger charge is -2.31. The van der Waals surface area contributed by atoms with E-state index in [0.717, 1.165) is 21.6 Å². The lowest BCUT2D eigenvalue weighted by Crippen LogP contribution is -2.35. The molecule has 0 N–H and O–H groups in total. The van der Waals surface area contributed by atoms with Gasteiger partial charge < -0.3 is 4.57 Å². The van der Waals surface area contributed by atoms with Gasteiger partial charge in [0.05, 0.1) is 16.9 Å². The number of fused-ring (bicyclic) bond motifs is 1. The largest absolute Gasteiger partial charge is 0.309 e. The van der Waals surface area contributed by atoms with Crippen molar-refractivity contribution >= 4 is 45.4 Å². The molecule has 0 unspecified atom stereocenters. The predicted octanol–water partition coefficient (Wildman–Crippen LogP) is 4.78. The second-order valence-corrected chi connectivity index (χ2v) is 7.49. The third-order valence-electron chi connectivity index (χ3n) is 3.71. The number of nitrogens with zero attached hydrogens (tertiary/aromatic N) is 2. The molecule has 19 heavy (non-hydrogen) atoms. The van der Waals surface area contributed by atoms with Crippen LogP contribution in [-0.2, 0) is 6.67 Å². The summed E-state index contributed by atoms with van der Waals surface area (Å²) in [5.41, 5.74) is 1.17. The first-order chi connectivity index (χ1) is 9.13. The van der Waals surface area contributed by atoms with Crippen LogP contribution in [0.1, 0.15) is 19.8 Å². The Morgan fingerprint density at radius 2 is 2.32 bits per heavy atom. The van der Waals surface area contributed by atoms with Crippen LogP contribution >= 0.6 is 35.2 Å². The Kier molecular flexibility index (Phi) is 3.94. The molecule has 0 aliphatic carbocycles. The first kappa shape index (κ1) is 13.6. The molecule has 1 aliphatic rings. The van der Waals surface area contributed by atoms with E-state index in [4.69, 9.17) is 23.8 Å². The van der Waals surface area contributed by atoms with Crippen molar-refractivity contribution in [1.29, 1.82) is 0 Å². The fourth-order valence-corrected chi connectivity index (χ4v) is 4.24. The molecule has 2 heterocycles. The van der Waals surface area contributed by atoms with Gasteiger partial charge in [-0.3, -0.25) is 4.90 Å². The van der Waals surface area contributed by atoms with Crippen molar-refractivity contribution in [2.45, 2.75) is 26.4 Å². The van der Waals surface area contributed by atoms with Gasteiger partial charge in [0.2, 0.25) is 0 Å². The van der Waals surface area contributed by atoms with Crippen molar-refractivity contribution in [1.82, 2.24) is 9.47 Å². The van der Waals surface area contributed by atoms with Gasteiger partial charge in [-0.25, -0.2) is 0 Å². The maximum atomic E-state index is 6.11. The van der Waals surface area contributed by atoms with Crippen molar-refractivity contribution in [2.75, 3.05) is 13.1 Å². The van der Waals surface area contributed by atoms with Crippen molar-refractivity contribution in [2.24, 2.45) is 5.92 Å². The quantitative estimate of drug-likeness (QED) is 0.738. The summed E-state index contributed by atoms with van der Waals surface area (Å²) in [5, 5.41) is 0.779. The molecular formula is C14H17ClN2S2. The highest BCUT2D eigenvalue weighted by atomic mass is 35.5. The number of aromatic nitrogens is 1. The van der Waals surface area contributed by atoms with E-state index in [2.05, 4.69) is 22.5 Å². The highest BCUT2D eigenvalue weighted by Gasteiger charge is 2.17. The molecule has 0 amide bonds. The summed E-state index contributed by atoms with van der Waals surface area (Å²) in [5.74, 6) is 0.788. The van der Waals surface area contributed by atoms with Gasteiger partial charge in [-0.05, 0) is 55.7 Å². The molecule has 1 aromatic heterocycles. The summed E-state index contributed by atoms with van der Waals surface area (Å²) in [6.45, 7) is 5.56. The molecule has 0 bridgehead atoms. The van der Waals surface area contributed by atoms with E-state index in [9.17, 15) is 0 Å². The van der Waals surface area contributed by atoms with E-state index in [1.165, 1.54) is 36.1 Å². The Hall–Kier alpha value is -0.420. The minimum Gasteiger partial charge on any atom is -0.309 e. The molecule has 3 rings (SSSR count). The number of rotatable bonds is 2. The second-order valence-electron chi connectivity index (χ2n) is 5.37. The Bertz CT molecular complexity index is 646. The van der Waals surface area contributed by atoms with Gasteiger partial charge in [-0.1, -0.05) is 18.5 Å². The molecular weight excluding hydrogens is 296 g/mol. The van der Waals surface area contributed by atoms with Crippen LogP contribution in [0, 0.1) is 9.87 Å². The van der Waals surface area contributed by atoms with Crippen LogP contribution < -0.4 is 0 Å². The van der Waals surface area contributed by atoms with E-state index in [1.54, 1.807) is 11.3 Å². The molecule has 1 aliphatic heterocycles. The standard InChI is InChI=1S/C14H17ClN2S2/c1-10-3-2-6-16(8-10)9-17-12-7-11(15)4-5-13(12)19-14(17)18/h4-5,7,10H,2-3,6,8-9H2,1H3/t10-/m0/s1. The van der Waals surface area contributed by atoms with Crippen LogP contribution in [0.3, 0.4) is 0 Å². The topological polar surface area (TPSA) is 8.17 Å². The summed E-state index contributed by atoms with van der Waals surface area (Å²) in [7, 11) is 0. The number of thiazole rings is 1. The number of halogens is 1. The van der Waals surface area contributed by atoms with Crippen LogP contribution in [0.2, 0.25) is 5.02 Å². The average Bonchev–Trinajstić information content (AvgIpc) is 2.66. The maximum Gasteiger partial charge on any atom is 0.163 e. The lowest BCUT2D eigenvalue weighted by molar-refractivity contribution is 0.148. The van der Waals surface area contributed by atoms with Gasteiger partial charge in [-0.15, -0.1) is 11.3 Å². The monoisotopic (exact) mass is 312 g/mol. The number of piperidine rings is 1. The molecule has 1 aromatic carbocycles. The summed E-state index contributed by atoms with van der Waals surface area (Å²) >= 11 is 13.3. The van der Waals surface area contributed by atoms with E-state index in [0.29, 0.717) is 0 Å². The van der Waals surface area contributed by atoms with Gasteiger partial charge >= 0.3 is 0 Å². The van der Waals surface area contributed by atoms with Gasteiger partial charge in [0.15, 0.2) is 3.95 Å². The number of likely N-dealkylation sites (tertiary alicyclic amines) is 1. The number of hydrogen-bond donors (Lipinski definition) is 0. The van der Waals surface area contributed by atoms with E-state index in [-0.39, 0.29) is 0 Å². The van der Waals surface area contributed by atoms with E-state index in [1.807, 2.05) is 12.1 Å². The zero-order chi connectivity index (χ0) is 13.4. The summed E-state index contributed by atoms with van der Waals surface area (Å²) in [6.07, 6.45) is 2.63. The highest BCUT2D eigenvalue weighted by molar-refractivity contribution is 7.73. The SMILES string of the molecule is C[C@H]1CCCN(Cn2c(=S)sc3ccc(Cl)cc32)C1. The van der Waals surface area contributed by atoms with E-state index >= 15 is 0 Å². The minimum absolute atomic E-state index is 0.779. The highest BCUT2D eigenvalue weighted by Crippen LogP contribution is 2.27. The molecule has 0 saturated carbocycles. The first-order valence-corrected chi connectivity index (χ1v) is 8.25. The Labute approximate surface area is 127 Å². The third kappa shape index (κ3) is 2.87. The molecule has 2 nitrogen and oxygen atoms in total. The average molecular weight is 313 g/mol. The van der Waals surface area contributed by atoms with Crippen LogP contribution in [-0.4, -0.2) is 22.6 Å². The summed E-state index contributed by atoms with van der Waals surface area (Å²) in [4.78, 5) is 2.50. The zero-order valence-corrected chi connectivity index (χ0v) is 13.3. The van der Waals surface area contributed by atoms with Gasteiger partial charge in [0.25, 0.3) is 0 Å². The van der Waals surface area contributed by atoms with Crippen LogP contribution in [0.5, 0.6) is 0 Å².